The second-order valence-electron chi connectivity index (χ2n) is 7.12. The van der Waals surface area contributed by atoms with Crippen LogP contribution in [0.2, 0.25) is 0 Å². The molecule has 0 aliphatic carbocycles. The van der Waals surface area contributed by atoms with Crippen molar-refractivity contribution in [2.75, 3.05) is 19.6 Å². The van der Waals surface area contributed by atoms with Crippen LogP contribution in [0.5, 0.6) is 0 Å². The molecular formula is C19H29NO3. The van der Waals surface area contributed by atoms with E-state index in [4.69, 9.17) is 5.11 Å². The van der Waals surface area contributed by atoms with E-state index in [0.717, 1.165) is 37.9 Å². The van der Waals surface area contributed by atoms with E-state index in [1.807, 2.05) is 12.1 Å². The molecule has 23 heavy (non-hydrogen) atoms. The second kappa shape index (κ2) is 8.46. The minimum Gasteiger partial charge on any atom is -0.481 e. The molecule has 1 aromatic carbocycles. The number of rotatable bonds is 7. The number of likely N-dealkylation sites (tertiary alicyclic amines) is 1. The van der Waals surface area contributed by atoms with Gasteiger partial charge in [0.2, 0.25) is 0 Å². The normalized spacial score (nSPS) is 20.6. The maximum absolute atomic E-state index is 11.1. The number of carbonyl (C=O) groups is 1. The monoisotopic (exact) mass is 319 g/mol. The Kier molecular flexibility index (Phi) is 6.60. The molecule has 0 bridgehead atoms. The zero-order valence-electron chi connectivity index (χ0n) is 14.2. The summed E-state index contributed by atoms with van der Waals surface area (Å²) in [6.45, 7) is 6.69. The molecule has 1 heterocycles. The summed E-state index contributed by atoms with van der Waals surface area (Å²) >= 11 is 0. The summed E-state index contributed by atoms with van der Waals surface area (Å²) in [7, 11) is 0. The van der Waals surface area contributed by atoms with Crippen LogP contribution in [-0.4, -0.2) is 40.7 Å². The van der Waals surface area contributed by atoms with E-state index in [2.05, 4.69) is 30.9 Å². The molecule has 0 saturated carbocycles. The Balaban J connectivity index is 1.82. The Labute approximate surface area is 139 Å². The number of hydrogen-bond acceptors (Lipinski definition) is 3. The molecule has 2 unspecified atom stereocenters. The van der Waals surface area contributed by atoms with E-state index in [1.165, 1.54) is 5.56 Å². The quantitative estimate of drug-likeness (QED) is 0.811. The highest BCUT2D eigenvalue weighted by Gasteiger charge is 2.25. The number of hydrogen-bond donors (Lipinski definition) is 2. The van der Waals surface area contributed by atoms with Gasteiger partial charge in [-0.05, 0) is 49.3 Å². The molecule has 1 aliphatic rings. The molecule has 2 atom stereocenters. The minimum absolute atomic E-state index is 0.254. The Morgan fingerprint density at radius 2 is 2.00 bits per heavy atom. The van der Waals surface area contributed by atoms with Crippen LogP contribution in [0.25, 0.3) is 0 Å². The average Bonchev–Trinajstić information content (AvgIpc) is 2.53. The van der Waals surface area contributed by atoms with Crippen LogP contribution in [0.4, 0.5) is 0 Å². The van der Waals surface area contributed by atoms with Crippen LogP contribution in [0.1, 0.15) is 50.3 Å². The van der Waals surface area contributed by atoms with Crippen molar-refractivity contribution in [1.29, 1.82) is 0 Å². The van der Waals surface area contributed by atoms with Crippen molar-refractivity contribution in [3.63, 3.8) is 0 Å². The highest BCUT2D eigenvalue weighted by atomic mass is 16.4. The third-order valence-corrected chi connectivity index (χ3v) is 4.58. The summed E-state index contributed by atoms with van der Waals surface area (Å²) in [4.78, 5) is 13.3. The zero-order valence-corrected chi connectivity index (χ0v) is 14.2. The molecule has 1 aromatic rings. The maximum atomic E-state index is 11.1. The molecule has 1 saturated heterocycles. The van der Waals surface area contributed by atoms with Crippen molar-refractivity contribution in [2.24, 2.45) is 11.8 Å². The fourth-order valence-electron chi connectivity index (χ4n) is 3.28. The Morgan fingerprint density at radius 1 is 1.30 bits per heavy atom. The molecule has 4 nitrogen and oxygen atoms in total. The molecule has 0 aromatic heterocycles. The van der Waals surface area contributed by atoms with Crippen LogP contribution in [0, 0.1) is 11.8 Å². The van der Waals surface area contributed by atoms with Crippen LogP contribution >= 0.6 is 0 Å². The summed E-state index contributed by atoms with van der Waals surface area (Å²) in [6.07, 6.45) is 2.92. The minimum atomic E-state index is -0.698. The number of carboxylic acids is 1. The molecule has 1 aliphatic heterocycles. The van der Waals surface area contributed by atoms with Gasteiger partial charge in [-0.15, -0.1) is 0 Å². The van der Waals surface area contributed by atoms with Gasteiger partial charge in [-0.2, -0.15) is 0 Å². The van der Waals surface area contributed by atoms with E-state index in [1.54, 1.807) is 0 Å². The van der Waals surface area contributed by atoms with Gasteiger partial charge in [0.1, 0.15) is 0 Å². The standard InChI is InChI=1S/C19H29NO3/c1-14(2)12-15-5-7-16(8-6-15)18(21)9-11-20-10-3-4-17(13-20)19(22)23/h5-8,14,17-18,21H,3-4,9-13H2,1-2H3,(H,22,23). The van der Waals surface area contributed by atoms with E-state index in [9.17, 15) is 9.90 Å². The van der Waals surface area contributed by atoms with Crippen LogP contribution in [0.15, 0.2) is 24.3 Å². The van der Waals surface area contributed by atoms with Gasteiger partial charge in [0.05, 0.1) is 12.0 Å². The summed E-state index contributed by atoms with van der Waals surface area (Å²) in [5.74, 6) is -0.320. The smallest absolute Gasteiger partial charge is 0.307 e. The topological polar surface area (TPSA) is 60.8 Å². The zero-order chi connectivity index (χ0) is 16.8. The molecule has 1 fully saturated rings. The van der Waals surface area contributed by atoms with Crippen LogP contribution < -0.4 is 0 Å². The predicted octanol–water partition coefficient (Wildman–Crippen LogP) is 3.11. The van der Waals surface area contributed by atoms with E-state index in [-0.39, 0.29) is 5.92 Å². The fourth-order valence-corrected chi connectivity index (χ4v) is 3.28. The largest absolute Gasteiger partial charge is 0.481 e. The Morgan fingerprint density at radius 3 is 2.61 bits per heavy atom. The van der Waals surface area contributed by atoms with Crippen molar-refractivity contribution in [1.82, 2.24) is 4.90 Å². The number of benzene rings is 1. The van der Waals surface area contributed by atoms with E-state index < -0.39 is 12.1 Å². The molecule has 4 heteroatoms. The Hall–Kier alpha value is -1.39. The van der Waals surface area contributed by atoms with Gasteiger partial charge in [0.25, 0.3) is 0 Å². The molecule has 128 valence electrons. The third kappa shape index (κ3) is 5.63. The lowest BCUT2D eigenvalue weighted by molar-refractivity contribution is -0.143. The summed E-state index contributed by atoms with van der Waals surface area (Å²) in [5, 5.41) is 19.5. The predicted molar refractivity (Wildman–Crippen MR) is 91.4 cm³/mol. The van der Waals surface area contributed by atoms with Gasteiger partial charge in [-0.1, -0.05) is 38.1 Å². The second-order valence-corrected chi connectivity index (χ2v) is 7.12. The first kappa shape index (κ1) is 18.0. The van der Waals surface area contributed by atoms with Gasteiger partial charge < -0.3 is 15.1 Å². The molecule has 2 rings (SSSR count). The summed E-state index contributed by atoms with van der Waals surface area (Å²) in [5.41, 5.74) is 2.25. The average molecular weight is 319 g/mol. The highest BCUT2D eigenvalue weighted by Crippen LogP contribution is 2.21. The maximum Gasteiger partial charge on any atom is 0.307 e. The number of nitrogens with zero attached hydrogens (tertiary/aromatic N) is 1. The van der Waals surface area contributed by atoms with Crippen molar-refractivity contribution < 1.29 is 15.0 Å². The number of aliphatic hydroxyl groups excluding tert-OH is 1. The van der Waals surface area contributed by atoms with Crippen molar-refractivity contribution in [3.8, 4) is 0 Å². The van der Waals surface area contributed by atoms with Crippen LogP contribution in [0.3, 0.4) is 0 Å². The van der Waals surface area contributed by atoms with E-state index in [0.29, 0.717) is 18.9 Å². The lowest BCUT2D eigenvalue weighted by Crippen LogP contribution is -2.39. The first-order valence-corrected chi connectivity index (χ1v) is 8.67. The fraction of sp³-hybridized carbons (Fsp3) is 0.632. The third-order valence-electron chi connectivity index (χ3n) is 4.58. The van der Waals surface area contributed by atoms with Crippen LogP contribution in [-0.2, 0) is 11.2 Å². The Bertz CT molecular complexity index is 498. The lowest BCUT2D eigenvalue weighted by Gasteiger charge is -2.31. The molecular weight excluding hydrogens is 290 g/mol. The number of carboxylic acid groups (broad SMARTS) is 1. The van der Waals surface area contributed by atoms with Crippen molar-refractivity contribution >= 4 is 5.97 Å². The van der Waals surface area contributed by atoms with Gasteiger partial charge in [-0.3, -0.25) is 4.79 Å². The number of aliphatic carboxylic acids is 1. The van der Waals surface area contributed by atoms with Crippen molar-refractivity contribution in [2.45, 2.75) is 45.6 Å². The molecule has 0 amide bonds. The first-order valence-electron chi connectivity index (χ1n) is 8.67. The number of aliphatic hydroxyl groups is 1. The highest BCUT2D eigenvalue weighted by molar-refractivity contribution is 5.70. The van der Waals surface area contributed by atoms with Gasteiger partial charge >= 0.3 is 5.97 Å². The summed E-state index contributed by atoms with van der Waals surface area (Å²) in [6, 6.07) is 8.22. The van der Waals surface area contributed by atoms with E-state index >= 15 is 0 Å². The SMILES string of the molecule is CC(C)Cc1ccc(C(O)CCN2CCCC(C(=O)O)C2)cc1. The molecule has 0 radical (unpaired) electrons. The molecule has 2 N–H and O–H groups in total. The first-order chi connectivity index (χ1) is 11.0. The van der Waals surface area contributed by atoms with Gasteiger partial charge in [0.15, 0.2) is 0 Å². The van der Waals surface area contributed by atoms with Gasteiger partial charge in [0, 0.05) is 13.1 Å². The molecule has 0 spiro atoms. The van der Waals surface area contributed by atoms with Gasteiger partial charge in [-0.25, -0.2) is 0 Å². The lowest BCUT2D eigenvalue weighted by atomic mass is 9.97. The van der Waals surface area contributed by atoms with Crippen molar-refractivity contribution in [3.05, 3.63) is 35.4 Å². The number of piperidine rings is 1. The summed E-state index contributed by atoms with van der Waals surface area (Å²) < 4.78 is 0.